The molecule has 4 nitrogen and oxygen atoms in total. The van der Waals surface area contributed by atoms with Crippen LogP contribution in [0.3, 0.4) is 0 Å². The molecule has 6 heteroatoms. The largest absolute Gasteiger partial charge is 0.504 e. The number of methoxy groups -OCH3 is 1. The minimum Gasteiger partial charge on any atom is -0.504 e. The van der Waals surface area contributed by atoms with Gasteiger partial charge in [0.15, 0.2) is 17.3 Å². The lowest BCUT2D eigenvalue weighted by Gasteiger charge is -2.25. The number of ether oxygens (including phenoxy) is 1. The van der Waals surface area contributed by atoms with Gasteiger partial charge >= 0.3 is 0 Å². The van der Waals surface area contributed by atoms with E-state index >= 15 is 0 Å². The fourth-order valence-electron chi connectivity index (χ4n) is 2.62. The van der Waals surface area contributed by atoms with Crippen molar-refractivity contribution in [3.05, 3.63) is 21.9 Å². The standard InChI is InChI=1S/C13H13BrFNO3/c1-19-12-10(15)9(14)6-8(11(12)18)13(16-7-17)4-2-3-5-13/h6,18H,2-5H2,1H3. The molecule has 0 atom stereocenters. The van der Waals surface area contributed by atoms with E-state index in [1.807, 2.05) is 0 Å². The van der Waals surface area contributed by atoms with Gasteiger partial charge in [0, 0.05) is 5.56 Å². The maximum atomic E-state index is 13.8. The lowest BCUT2D eigenvalue weighted by atomic mass is 9.88. The zero-order chi connectivity index (χ0) is 14.0. The van der Waals surface area contributed by atoms with Crippen molar-refractivity contribution in [1.29, 1.82) is 0 Å². The smallest absolute Gasteiger partial charge is 0.235 e. The summed E-state index contributed by atoms with van der Waals surface area (Å²) >= 11 is 3.09. The average Bonchev–Trinajstić information content (AvgIpc) is 2.84. The fourth-order valence-corrected chi connectivity index (χ4v) is 3.03. The molecule has 1 fully saturated rings. The van der Waals surface area contributed by atoms with Gasteiger partial charge in [-0.3, -0.25) is 0 Å². The number of isocyanates is 1. The van der Waals surface area contributed by atoms with Crippen LogP contribution in [0.25, 0.3) is 0 Å². The Kier molecular flexibility index (Phi) is 3.92. The molecule has 0 spiro atoms. The summed E-state index contributed by atoms with van der Waals surface area (Å²) in [4.78, 5) is 14.5. The first kappa shape index (κ1) is 14.0. The topological polar surface area (TPSA) is 58.9 Å². The van der Waals surface area contributed by atoms with E-state index in [9.17, 15) is 14.3 Å². The number of aromatic hydroxyl groups is 1. The van der Waals surface area contributed by atoms with Crippen molar-refractivity contribution in [3.8, 4) is 11.5 Å². The molecule has 0 aromatic heterocycles. The van der Waals surface area contributed by atoms with E-state index in [4.69, 9.17) is 4.74 Å². The number of halogens is 2. The molecule has 1 aliphatic rings. The highest BCUT2D eigenvalue weighted by Gasteiger charge is 2.39. The third-order valence-corrected chi connectivity index (χ3v) is 4.12. The molecule has 1 aliphatic carbocycles. The Balaban J connectivity index is 2.67. The predicted octanol–water partition coefficient (Wildman–Crippen LogP) is 3.41. The van der Waals surface area contributed by atoms with Crippen LogP contribution in [0.15, 0.2) is 15.5 Å². The number of hydrogen-bond donors (Lipinski definition) is 1. The average molecular weight is 330 g/mol. The van der Waals surface area contributed by atoms with Crippen molar-refractivity contribution in [1.82, 2.24) is 0 Å². The zero-order valence-electron chi connectivity index (χ0n) is 10.4. The Hall–Kier alpha value is -1.39. The molecule has 0 bridgehead atoms. The van der Waals surface area contributed by atoms with E-state index in [-0.39, 0.29) is 16.0 Å². The molecule has 1 saturated carbocycles. The van der Waals surface area contributed by atoms with Gasteiger partial charge in [0.25, 0.3) is 0 Å². The summed E-state index contributed by atoms with van der Waals surface area (Å²) in [5, 5.41) is 10.2. The van der Waals surface area contributed by atoms with Crippen molar-refractivity contribution in [2.45, 2.75) is 31.2 Å². The van der Waals surface area contributed by atoms with Gasteiger partial charge in [-0.15, -0.1) is 0 Å². The summed E-state index contributed by atoms with van der Waals surface area (Å²) in [5.41, 5.74) is -0.423. The third-order valence-electron chi connectivity index (χ3n) is 3.55. The zero-order valence-corrected chi connectivity index (χ0v) is 12.0. The SMILES string of the molecule is COc1c(O)c(C2(N=C=O)CCCC2)cc(Br)c1F. The van der Waals surface area contributed by atoms with Crippen LogP contribution in [0.5, 0.6) is 11.5 Å². The molecule has 0 aliphatic heterocycles. The maximum Gasteiger partial charge on any atom is 0.235 e. The maximum absolute atomic E-state index is 13.8. The highest BCUT2D eigenvalue weighted by molar-refractivity contribution is 9.10. The summed E-state index contributed by atoms with van der Waals surface area (Å²) < 4.78 is 18.9. The van der Waals surface area contributed by atoms with Crippen LogP contribution < -0.4 is 4.74 Å². The number of aliphatic imine (C=N–C) groups is 1. The molecule has 2 rings (SSSR count). The normalized spacial score (nSPS) is 17.0. The summed E-state index contributed by atoms with van der Waals surface area (Å²) in [5.74, 6) is -1.21. The Morgan fingerprint density at radius 1 is 1.53 bits per heavy atom. The molecule has 0 radical (unpaired) electrons. The van der Waals surface area contributed by atoms with E-state index in [0.29, 0.717) is 18.4 Å². The first-order valence-electron chi connectivity index (χ1n) is 5.90. The highest BCUT2D eigenvalue weighted by Crippen LogP contribution is 2.49. The van der Waals surface area contributed by atoms with E-state index < -0.39 is 11.4 Å². The molecular formula is C13H13BrFNO3. The van der Waals surface area contributed by atoms with Gasteiger partial charge in [0.05, 0.1) is 11.6 Å². The van der Waals surface area contributed by atoms with Crippen molar-refractivity contribution in [3.63, 3.8) is 0 Å². The summed E-state index contributed by atoms with van der Waals surface area (Å²) in [7, 11) is 1.28. The molecule has 102 valence electrons. The minimum absolute atomic E-state index is 0.171. The highest BCUT2D eigenvalue weighted by atomic mass is 79.9. The van der Waals surface area contributed by atoms with Crippen LogP contribution in [0.1, 0.15) is 31.2 Å². The molecular weight excluding hydrogens is 317 g/mol. The van der Waals surface area contributed by atoms with E-state index in [0.717, 1.165) is 12.8 Å². The number of carbonyl (C=O) groups excluding carboxylic acids is 1. The van der Waals surface area contributed by atoms with Gasteiger partial charge < -0.3 is 9.84 Å². The van der Waals surface area contributed by atoms with Gasteiger partial charge in [0.2, 0.25) is 6.08 Å². The second-order valence-corrected chi connectivity index (χ2v) is 5.40. The lowest BCUT2D eigenvalue weighted by molar-refractivity contribution is 0.336. The quantitative estimate of drug-likeness (QED) is 0.682. The third kappa shape index (κ3) is 2.26. The molecule has 0 unspecified atom stereocenters. The molecule has 1 aromatic carbocycles. The van der Waals surface area contributed by atoms with Gasteiger partial charge in [0.1, 0.15) is 5.54 Å². The number of benzene rings is 1. The van der Waals surface area contributed by atoms with Crippen LogP contribution in [0.2, 0.25) is 0 Å². The number of rotatable bonds is 3. The first-order chi connectivity index (χ1) is 9.05. The van der Waals surface area contributed by atoms with Crippen molar-refractivity contribution in [2.24, 2.45) is 4.99 Å². The lowest BCUT2D eigenvalue weighted by Crippen LogP contribution is -2.19. The summed E-state index contributed by atoms with van der Waals surface area (Å²) in [6, 6.07) is 1.46. The molecule has 0 heterocycles. The number of nitrogens with zero attached hydrogens (tertiary/aromatic N) is 1. The fraction of sp³-hybridized carbons (Fsp3) is 0.462. The molecule has 1 N–H and O–H groups in total. The number of hydrogen-bond acceptors (Lipinski definition) is 4. The second-order valence-electron chi connectivity index (χ2n) is 4.54. The Bertz CT molecular complexity index is 549. The second kappa shape index (κ2) is 5.31. The Morgan fingerprint density at radius 2 is 2.16 bits per heavy atom. The minimum atomic E-state index is -0.824. The van der Waals surface area contributed by atoms with Crippen LogP contribution >= 0.6 is 15.9 Å². The Labute approximate surface area is 118 Å². The molecule has 0 amide bonds. The van der Waals surface area contributed by atoms with Gasteiger partial charge in [-0.1, -0.05) is 12.8 Å². The van der Waals surface area contributed by atoms with Gasteiger partial charge in [-0.25, -0.2) is 9.18 Å². The van der Waals surface area contributed by atoms with Crippen LogP contribution in [-0.4, -0.2) is 18.3 Å². The molecule has 19 heavy (non-hydrogen) atoms. The van der Waals surface area contributed by atoms with Crippen LogP contribution in [-0.2, 0) is 10.3 Å². The number of phenols is 1. The predicted molar refractivity (Wildman–Crippen MR) is 70.6 cm³/mol. The first-order valence-corrected chi connectivity index (χ1v) is 6.69. The van der Waals surface area contributed by atoms with Crippen LogP contribution in [0.4, 0.5) is 4.39 Å². The van der Waals surface area contributed by atoms with Crippen molar-refractivity contribution < 1.29 is 19.0 Å². The monoisotopic (exact) mass is 329 g/mol. The van der Waals surface area contributed by atoms with Gasteiger partial charge in [-0.05, 0) is 34.8 Å². The van der Waals surface area contributed by atoms with E-state index in [1.165, 1.54) is 13.2 Å². The number of phenolic OH excluding ortho intramolecular Hbond substituents is 1. The van der Waals surface area contributed by atoms with E-state index in [1.54, 1.807) is 6.08 Å². The van der Waals surface area contributed by atoms with Crippen LogP contribution in [0, 0.1) is 5.82 Å². The van der Waals surface area contributed by atoms with Crippen molar-refractivity contribution >= 4 is 22.0 Å². The summed E-state index contributed by atoms with van der Waals surface area (Å²) in [6.45, 7) is 0. The van der Waals surface area contributed by atoms with Crippen molar-refractivity contribution in [2.75, 3.05) is 7.11 Å². The molecule has 0 saturated heterocycles. The Morgan fingerprint density at radius 3 is 2.68 bits per heavy atom. The summed E-state index contributed by atoms with van der Waals surface area (Å²) in [6.07, 6.45) is 4.59. The van der Waals surface area contributed by atoms with Gasteiger partial charge in [-0.2, -0.15) is 4.99 Å². The molecule has 1 aromatic rings. The van der Waals surface area contributed by atoms with E-state index in [2.05, 4.69) is 20.9 Å².